The Morgan fingerprint density at radius 1 is 1.42 bits per heavy atom. The largest absolute Gasteiger partial charge is 0.228 e. The quantitative estimate of drug-likeness (QED) is 0.386. The Hall–Kier alpha value is -0.710. The van der Waals surface area contributed by atoms with E-state index in [2.05, 4.69) is 16.8 Å². The SMILES string of the molecule is ClCCC#Cc1cccc(Cl)n1. The summed E-state index contributed by atoms with van der Waals surface area (Å²) in [7, 11) is 0. The Balaban J connectivity index is 2.71. The Morgan fingerprint density at radius 3 is 2.92 bits per heavy atom. The molecule has 1 nitrogen and oxygen atoms in total. The van der Waals surface area contributed by atoms with Crippen molar-refractivity contribution in [2.75, 3.05) is 5.88 Å². The predicted molar refractivity (Wildman–Crippen MR) is 51.5 cm³/mol. The van der Waals surface area contributed by atoms with Crippen LogP contribution in [-0.4, -0.2) is 10.9 Å². The van der Waals surface area contributed by atoms with Crippen molar-refractivity contribution < 1.29 is 0 Å². The molecule has 62 valence electrons. The number of halogens is 2. The highest BCUT2D eigenvalue weighted by Crippen LogP contribution is 2.03. The Kier molecular flexibility index (Phi) is 3.93. The topological polar surface area (TPSA) is 12.9 Å². The van der Waals surface area contributed by atoms with Gasteiger partial charge in [-0.05, 0) is 18.1 Å². The number of hydrogen-bond acceptors (Lipinski definition) is 1. The number of pyridine rings is 1. The highest BCUT2D eigenvalue weighted by atomic mass is 35.5. The average molecular weight is 200 g/mol. The summed E-state index contributed by atoms with van der Waals surface area (Å²) >= 11 is 11.1. The summed E-state index contributed by atoms with van der Waals surface area (Å²) < 4.78 is 0. The summed E-state index contributed by atoms with van der Waals surface area (Å²) in [5.41, 5.74) is 0.688. The Morgan fingerprint density at radius 2 is 2.25 bits per heavy atom. The van der Waals surface area contributed by atoms with Crippen molar-refractivity contribution in [2.45, 2.75) is 6.42 Å². The second kappa shape index (κ2) is 5.03. The fourth-order valence-electron chi connectivity index (χ4n) is 0.678. The number of alkyl halides is 1. The standard InChI is InChI=1S/C9H7Cl2N/c10-7-2-1-4-8-5-3-6-9(11)12-8/h3,5-6H,2,7H2. The Labute approximate surface area is 81.7 Å². The molecule has 0 saturated heterocycles. The highest BCUT2D eigenvalue weighted by molar-refractivity contribution is 6.29. The molecule has 0 aliphatic carbocycles. The van der Waals surface area contributed by atoms with Crippen molar-refractivity contribution in [1.29, 1.82) is 0 Å². The lowest BCUT2D eigenvalue weighted by Crippen LogP contribution is -1.81. The van der Waals surface area contributed by atoms with E-state index in [1.54, 1.807) is 6.07 Å². The minimum Gasteiger partial charge on any atom is -0.228 e. The first-order chi connectivity index (χ1) is 5.83. The van der Waals surface area contributed by atoms with E-state index in [0.29, 0.717) is 23.1 Å². The van der Waals surface area contributed by atoms with Crippen LogP contribution >= 0.6 is 23.2 Å². The number of rotatable bonds is 1. The molecule has 0 unspecified atom stereocenters. The van der Waals surface area contributed by atoms with Gasteiger partial charge in [0.2, 0.25) is 0 Å². The summed E-state index contributed by atoms with van der Waals surface area (Å²) in [5.74, 6) is 6.28. The van der Waals surface area contributed by atoms with Crippen LogP contribution in [0.25, 0.3) is 0 Å². The van der Waals surface area contributed by atoms with Gasteiger partial charge in [0.15, 0.2) is 0 Å². The molecule has 0 atom stereocenters. The lowest BCUT2D eigenvalue weighted by atomic mass is 10.3. The van der Waals surface area contributed by atoms with Gasteiger partial charge in [-0.3, -0.25) is 0 Å². The maximum absolute atomic E-state index is 5.65. The fourth-order valence-corrected chi connectivity index (χ4v) is 0.936. The van der Waals surface area contributed by atoms with E-state index >= 15 is 0 Å². The zero-order valence-electron chi connectivity index (χ0n) is 6.35. The van der Waals surface area contributed by atoms with Gasteiger partial charge in [-0.15, -0.1) is 11.6 Å². The third kappa shape index (κ3) is 3.13. The van der Waals surface area contributed by atoms with Crippen molar-refractivity contribution in [2.24, 2.45) is 0 Å². The second-order valence-electron chi connectivity index (χ2n) is 2.09. The molecule has 0 bridgehead atoms. The maximum Gasteiger partial charge on any atom is 0.130 e. The van der Waals surface area contributed by atoms with Crippen LogP contribution in [0.5, 0.6) is 0 Å². The van der Waals surface area contributed by atoms with E-state index in [1.165, 1.54) is 0 Å². The van der Waals surface area contributed by atoms with Crippen LogP contribution < -0.4 is 0 Å². The molecule has 0 fully saturated rings. The van der Waals surface area contributed by atoms with Crippen molar-refractivity contribution >= 4 is 23.2 Å². The normalized spacial score (nSPS) is 8.83. The summed E-state index contributed by atoms with van der Waals surface area (Å²) in [4.78, 5) is 3.99. The molecule has 1 aromatic rings. The molecule has 0 N–H and O–H groups in total. The van der Waals surface area contributed by atoms with Crippen molar-refractivity contribution in [3.8, 4) is 11.8 Å². The van der Waals surface area contributed by atoms with Crippen molar-refractivity contribution in [3.63, 3.8) is 0 Å². The van der Waals surface area contributed by atoms with Gasteiger partial charge in [0.25, 0.3) is 0 Å². The van der Waals surface area contributed by atoms with Crippen molar-refractivity contribution in [1.82, 2.24) is 4.98 Å². The van der Waals surface area contributed by atoms with Gasteiger partial charge >= 0.3 is 0 Å². The monoisotopic (exact) mass is 199 g/mol. The molecule has 3 heteroatoms. The van der Waals surface area contributed by atoms with Gasteiger partial charge in [0.1, 0.15) is 10.8 Å². The van der Waals surface area contributed by atoms with E-state index in [4.69, 9.17) is 23.2 Å². The van der Waals surface area contributed by atoms with Gasteiger partial charge in [0.05, 0.1) is 0 Å². The zero-order valence-corrected chi connectivity index (χ0v) is 7.86. The van der Waals surface area contributed by atoms with E-state index in [9.17, 15) is 0 Å². The van der Waals surface area contributed by atoms with Crippen molar-refractivity contribution in [3.05, 3.63) is 29.0 Å². The zero-order chi connectivity index (χ0) is 8.81. The molecule has 1 rings (SSSR count). The minimum absolute atomic E-state index is 0.465. The van der Waals surface area contributed by atoms with Gasteiger partial charge in [-0.2, -0.15) is 0 Å². The third-order valence-electron chi connectivity index (χ3n) is 1.15. The van der Waals surface area contributed by atoms with E-state index in [-0.39, 0.29) is 0 Å². The Bertz CT molecular complexity index is 312. The summed E-state index contributed by atoms with van der Waals surface area (Å²) in [6, 6.07) is 5.35. The van der Waals surface area contributed by atoms with Crippen LogP contribution in [0.3, 0.4) is 0 Å². The molecule has 1 heterocycles. The maximum atomic E-state index is 5.65. The van der Waals surface area contributed by atoms with Crippen LogP contribution in [-0.2, 0) is 0 Å². The van der Waals surface area contributed by atoms with E-state index < -0.39 is 0 Å². The smallest absolute Gasteiger partial charge is 0.130 e. The van der Waals surface area contributed by atoms with Crippen LogP contribution in [0, 0.1) is 11.8 Å². The minimum atomic E-state index is 0.465. The van der Waals surface area contributed by atoms with Gasteiger partial charge in [0, 0.05) is 12.3 Å². The number of aromatic nitrogens is 1. The lowest BCUT2D eigenvalue weighted by Gasteiger charge is -1.89. The fraction of sp³-hybridized carbons (Fsp3) is 0.222. The highest BCUT2D eigenvalue weighted by Gasteiger charge is 1.88. The van der Waals surface area contributed by atoms with Crippen LogP contribution in [0.4, 0.5) is 0 Å². The number of hydrogen-bond donors (Lipinski definition) is 0. The van der Waals surface area contributed by atoms with Gasteiger partial charge in [-0.25, -0.2) is 4.98 Å². The summed E-state index contributed by atoms with van der Waals surface area (Å²) in [6.07, 6.45) is 0.676. The molecule has 0 spiro atoms. The molecule has 0 amide bonds. The van der Waals surface area contributed by atoms with Crippen LogP contribution in [0.15, 0.2) is 18.2 Å². The molecule has 0 radical (unpaired) electrons. The molecular weight excluding hydrogens is 193 g/mol. The summed E-state index contributed by atoms with van der Waals surface area (Å²) in [6.45, 7) is 0. The third-order valence-corrected chi connectivity index (χ3v) is 1.55. The number of nitrogens with zero attached hydrogens (tertiary/aromatic N) is 1. The molecule has 0 aromatic carbocycles. The molecule has 0 aliphatic heterocycles. The van der Waals surface area contributed by atoms with Crippen LogP contribution in [0.2, 0.25) is 5.15 Å². The predicted octanol–water partition coefficient (Wildman–Crippen LogP) is 2.72. The van der Waals surface area contributed by atoms with E-state index in [0.717, 1.165) is 0 Å². The average Bonchev–Trinajstić information content (AvgIpc) is 2.05. The molecule has 1 aromatic heterocycles. The van der Waals surface area contributed by atoms with Gasteiger partial charge in [-0.1, -0.05) is 23.6 Å². The molecule has 0 aliphatic rings. The first-order valence-electron chi connectivity index (χ1n) is 3.50. The molecular formula is C9H7Cl2N. The summed E-state index contributed by atoms with van der Waals surface area (Å²) in [5, 5.41) is 0.465. The molecule has 0 saturated carbocycles. The van der Waals surface area contributed by atoms with E-state index in [1.807, 2.05) is 12.1 Å². The lowest BCUT2D eigenvalue weighted by molar-refractivity contribution is 1.26. The molecule has 12 heavy (non-hydrogen) atoms. The first kappa shape index (κ1) is 9.38. The first-order valence-corrected chi connectivity index (χ1v) is 4.41. The van der Waals surface area contributed by atoms with Crippen LogP contribution in [0.1, 0.15) is 12.1 Å². The second-order valence-corrected chi connectivity index (χ2v) is 2.85. The van der Waals surface area contributed by atoms with Gasteiger partial charge < -0.3 is 0 Å².